The minimum absolute atomic E-state index is 0.0349. The van der Waals surface area contributed by atoms with E-state index in [0.29, 0.717) is 17.7 Å². The van der Waals surface area contributed by atoms with Crippen molar-refractivity contribution in [1.29, 1.82) is 0 Å². The highest BCUT2D eigenvalue weighted by Gasteiger charge is 2.38. The molecule has 1 aromatic carbocycles. The highest BCUT2D eigenvalue weighted by Crippen LogP contribution is 2.37. The summed E-state index contributed by atoms with van der Waals surface area (Å²) < 4.78 is 5.63. The number of ether oxygens (including phenoxy) is 1. The van der Waals surface area contributed by atoms with Crippen molar-refractivity contribution in [2.75, 3.05) is 24.5 Å². The molecule has 1 aromatic rings. The molecule has 21 heavy (non-hydrogen) atoms. The van der Waals surface area contributed by atoms with Gasteiger partial charge in [0.1, 0.15) is 0 Å². The Morgan fingerprint density at radius 2 is 2.24 bits per heavy atom. The van der Waals surface area contributed by atoms with Crippen molar-refractivity contribution in [1.82, 2.24) is 5.32 Å². The van der Waals surface area contributed by atoms with Gasteiger partial charge in [0.2, 0.25) is 0 Å². The average molecular weight is 291 g/mol. The van der Waals surface area contributed by atoms with Crippen LogP contribution in [0.25, 0.3) is 0 Å². The van der Waals surface area contributed by atoms with E-state index in [-0.39, 0.29) is 16.7 Å². The van der Waals surface area contributed by atoms with Gasteiger partial charge in [-0.15, -0.1) is 0 Å². The maximum atomic E-state index is 11.1. The minimum atomic E-state index is -0.384. The molecule has 0 unspecified atom stereocenters. The van der Waals surface area contributed by atoms with Gasteiger partial charge in [-0.1, -0.05) is 0 Å². The van der Waals surface area contributed by atoms with Crippen molar-refractivity contribution in [2.24, 2.45) is 5.92 Å². The Bertz CT molecular complexity index is 547. The van der Waals surface area contributed by atoms with E-state index in [2.05, 4.69) is 10.2 Å². The summed E-state index contributed by atoms with van der Waals surface area (Å²) in [5, 5.41) is 14.5. The van der Waals surface area contributed by atoms with Crippen LogP contribution in [-0.2, 0) is 0 Å². The maximum Gasteiger partial charge on any atom is 0.311 e. The highest BCUT2D eigenvalue weighted by atomic mass is 16.6. The topological polar surface area (TPSA) is 67.6 Å². The number of nitro benzene ring substituents is 1. The SMILES string of the molecule is CC(C)Oc1cc(N2CC[C@H]3CNC[C@H]32)ccc1[N+](=O)[O-]. The monoisotopic (exact) mass is 291 g/mol. The number of rotatable bonds is 4. The van der Waals surface area contributed by atoms with Crippen molar-refractivity contribution >= 4 is 11.4 Å². The number of nitrogens with zero attached hydrogens (tertiary/aromatic N) is 2. The van der Waals surface area contributed by atoms with Crippen LogP contribution in [0.2, 0.25) is 0 Å². The van der Waals surface area contributed by atoms with Gasteiger partial charge < -0.3 is 15.0 Å². The van der Waals surface area contributed by atoms with Gasteiger partial charge in [-0.05, 0) is 32.3 Å². The second-order valence-electron chi connectivity index (χ2n) is 6.04. The molecule has 0 spiro atoms. The molecule has 0 bridgehead atoms. The summed E-state index contributed by atoms with van der Waals surface area (Å²) in [7, 11) is 0. The van der Waals surface area contributed by atoms with Crippen molar-refractivity contribution in [3.63, 3.8) is 0 Å². The fourth-order valence-corrected chi connectivity index (χ4v) is 3.35. The Labute approximate surface area is 124 Å². The Morgan fingerprint density at radius 3 is 2.95 bits per heavy atom. The Morgan fingerprint density at radius 1 is 1.43 bits per heavy atom. The summed E-state index contributed by atoms with van der Waals surface area (Å²) in [5.74, 6) is 1.05. The van der Waals surface area contributed by atoms with Crippen molar-refractivity contribution in [2.45, 2.75) is 32.4 Å². The fourth-order valence-electron chi connectivity index (χ4n) is 3.35. The molecule has 2 heterocycles. The van der Waals surface area contributed by atoms with E-state index in [4.69, 9.17) is 4.74 Å². The van der Waals surface area contributed by atoms with Gasteiger partial charge in [-0.2, -0.15) is 0 Å². The standard InChI is InChI=1S/C15H21N3O3/c1-10(2)21-15-7-12(3-4-13(15)18(19)20)17-6-5-11-8-16-9-14(11)17/h3-4,7,10-11,14,16H,5-6,8-9H2,1-2H3/t11-,14+/m0/s1. The molecule has 6 nitrogen and oxygen atoms in total. The summed E-state index contributed by atoms with van der Waals surface area (Å²) in [6.45, 7) is 6.83. The van der Waals surface area contributed by atoms with E-state index >= 15 is 0 Å². The van der Waals surface area contributed by atoms with Crippen LogP contribution in [0.3, 0.4) is 0 Å². The third-order valence-corrected chi connectivity index (χ3v) is 4.28. The molecule has 2 aliphatic rings. The second-order valence-corrected chi connectivity index (χ2v) is 6.04. The molecule has 0 saturated carbocycles. The van der Waals surface area contributed by atoms with Gasteiger partial charge in [0.25, 0.3) is 0 Å². The van der Waals surface area contributed by atoms with Crippen LogP contribution in [0.1, 0.15) is 20.3 Å². The molecule has 6 heteroatoms. The highest BCUT2D eigenvalue weighted by molar-refractivity contribution is 5.60. The fraction of sp³-hybridized carbons (Fsp3) is 0.600. The van der Waals surface area contributed by atoms with Gasteiger partial charge in [0.15, 0.2) is 5.75 Å². The lowest BCUT2D eigenvalue weighted by Crippen LogP contribution is -2.34. The molecular formula is C15H21N3O3. The summed E-state index contributed by atoms with van der Waals surface area (Å²) in [6, 6.07) is 5.71. The molecule has 0 amide bonds. The largest absolute Gasteiger partial charge is 0.484 e. The normalized spacial score (nSPS) is 24.4. The van der Waals surface area contributed by atoms with E-state index in [1.54, 1.807) is 6.07 Å². The van der Waals surface area contributed by atoms with Crippen LogP contribution < -0.4 is 15.0 Å². The summed E-state index contributed by atoms with van der Waals surface area (Å²) in [4.78, 5) is 13.1. The van der Waals surface area contributed by atoms with E-state index in [9.17, 15) is 10.1 Å². The van der Waals surface area contributed by atoms with E-state index in [1.165, 1.54) is 6.42 Å². The van der Waals surface area contributed by atoms with E-state index < -0.39 is 0 Å². The number of benzene rings is 1. The van der Waals surface area contributed by atoms with Gasteiger partial charge in [0, 0.05) is 43.5 Å². The lowest BCUT2D eigenvalue weighted by atomic mass is 10.0. The van der Waals surface area contributed by atoms with Crippen LogP contribution in [0.15, 0.2) is 18.2 Å². The smallest absolute Gasteiger partial charge is 0.311 e. The van der Waals surface area contributed by atoms with Crippen LogP contribution in [0.5, 0.6) is 5.75 Å². The first-order valence-corrected chi connectivity index (χ1v) is 7.48. The lowest BCUT2D eigenvalue weighted by Gasteiger charge is -2.26. The molecule has 114 valence electrons. The summed E-state index contributed by atoms with van der Waals surface area (Å²) in [6.07, 6.45) is 1.09. The summed E-state index contributed by atoms with van der Waals surface area (Å²) in [5.41, 5.74) is 1.06. The maximum absolute atomic E-state index is 11.1. The van der Waals surface area contributed by atoms with Crippen molar-refractivity contribution in [3.05, 3.63) is 28.3 Å². The van der Waals surface area contributed by atoms with Gasteiger partial charge in [-0.25, -0.2) is 0 Å². The zero-order chi connectivity index (χ0) is 15.0. The molecule has 2 saturated heterocycles. The summed E-state index contributed by atoms with van der Waals surface area (Å²) >= 11 is 0. The molecular weight excluding hydrogens is 270 g/mol. The van der Waals surface area contributed by atoms with Crippen LogP contribution >= 0.6 is 0 Å². The number of nitro groups is 1. The zero-order valence-electron chi connectivity index (χ0n) is 12.4. The minimum Gasteiger partial charge on any atom is -0.484 e. The quantitative estimate of drug-likeness (QED) is 0.680. The van der Waals surface area contributed by atoms with Gasteiger partial charge >= 0.3 is 5.69 Å². The molecule has 2 fully saturated rings. The Balaban J connectivity index is 1.91. The number of anilines is 1. The predicted octanol–water partition coefficient (Wildman–Crippen LogP) is 2.18. The van der Waals surface area contributed by atoms with E-state index in [1.807, 2.05) is 26.0 Å². The Kier molecular flexibility index (Phi) is 3.71. The van der Waals surface area contributed by atoms with Crippen molar-refractivity contribution in [3.8, 4) is 5.75 Å². The average Bonchev–Trinajstić information content (AvgIpc) is 2.99. The molecule has 0 aromatic heterocycles. The number of hydrogen-bond acceptors (Lipinski definition) is 5. The molecule has 1 N–H and O–H groups in total. The van der Waals surface area contributed by atoms with Crippen LogP contribution in [0, 0.1) is 16.0 Å². The number of nitrogens with one attached hydrogen (secondary N) is 1. The zero-order valence-corrected chi connectivity index (χ0v) is 12.4. The number of fused-ring (bicyclic) bond motifs is 1. The first-order valence-electron chi connectivity index (χ1n) is 7.48. The van der Waals surface area contributed by atoms with Crippen LogP contribution in [-0.4, -0.2) is 36.7 Å². The Hall–Kier alpha value is -1.82. The lowest BCUT2D eigenvalue weighted by molar-refractivity contribution is -0.386. The molecule has 0 radical (unpaired) electrons. The van der Waals surface area contributed by atoms with Gasteiger partial charge in [0.05, 0.1) is 11.0 Å². The van der Waals surface area contributed by atoms with Gasteiger partial charge in [-0.3, -0.25) is 10.1 Å². The first kappa shape index (κ1) is 14.1. The third-order valence-electron chi connectivity index (χ3n) is 4.28. The third kappa shape index (κ3) is 2.68. The second kappa shape index (κ2) is 5.52. The molecule has 0 aliphatic carbocycles. The van der Waals surface area contributed by atoms with Crippen LogP contribution in [0.4, 0.5) is 11.4 Å². The molecule has 2 atom stereocenters. The van der Waals surface area contributed by atoms with Crippen molar-refractivity contribution < 1.29 is 9.66 Å². The first-order chi connectivity index (χ1) is 10.1. The van der Waals surface area contributed by atoms with E-state index in [0.717, 1.165) is 25.3 Å². The predicted molar refractivity (Wildman–Crippen MR) is 81.0 cm³/mol. The molecule has 3 rings (SSSR count). The number of hydrogen-bond donors (Lipinski definition) is 1. The molecule has 2 aliphatic heterocycles.